The number of anilines is 1. The Kier molecular flexibility index (Phi) is 4.74. The Hall–Kier alpha value is -2.25. The van der Waals surface area contributed by atoms with Gasteiger partial charge in [0.25, 0.3) is 17.2 Å². The van der Waals surface area contributed by atoms with Gasteiger partial charge in [-0.25, -0.2) is 0 Å². The second-order valence-corrected chi connectivity index (χ2v) is 8.00. The summed E-state index contributed by atoms with van der Waals surface area (Å²) in [5, 5.41) is 23.1. The van der Waals surface area contributed by atoms with Crippen molar-refractivity contribution in [3.05, 3.63) is 68.7 Å². The van der Waals surface area contributed by atoms with E-state index in [1.165, 1.54) is 18.6 Å². The number of hydrogen-bond acceptors (Lipinski definition) is 4. The van der Waals surface area contributed by atoms with Crippen molar-refractivity contribution in [2.45, 2.75) is 31.4 Å². The van der Waals surface area contributed by atoms with E-state index in [4.69, 9.17) is 0 Å². The van der Waals surface area contributed by atoms with Crippen molar-refractivity contribution in [2.75, 3.05) is 18.0 Å². The summed E-state index contributed by atoms with van der Waals surface area (Å²) >= 11 is 3.46. The quantitative estimate of drug-likeness (QED) is 0.453. The SMILES string of the molecule is O=[N+]([O-])c1cccc([C@]2(O)C[N+]3=C(CCCCC3)N2c2ccc(Br)cc2)c1. The predicted octanol–water partition coefficient (Wildman–Crippen LogP) is 4.01. The maximum absolute atomic E-state index is 11.8. The molecule has 2 aliphatic heterocycles. The fourth-order valence-electron chi connectivity index (χ4n) is 4.07. The molecule has 6 nitrogen and oxygen atoms in total. The molecule has 27 heavy (non-hydrogen) atoms. The fourth-order valence-corrected chi connectivity index (χ4v) is 4.33. The van der Waals surface area contributed by atoms with Crippen LogP contribution in [0.5, 0.6) is 0 Å². The van der Waals surface area contributed by atoms with Crippen LogP contribution >= 0.6 is 15.9 Å². The predicted molar refractivity (Wildman–Crippen MR) is 107 cm³/mol. The lowest BCUT2D eigenvalue weighted by Crippen LogP contribution is -2.47. The third kappa shape index (κ3) is 3.26. The third-order valence-electron chi connectivity index (χ3n) is 5.34. The molecule has 2 aromatic rings. The Morgan fingerprint density at radius 1 is 1.15 bits per heavy atom. The van der Waals surface area contributed by atoms with Gasteiger partial charge < -0.3 is 5.11 Å². The Morgan fingerprint density at radius 2 is 1.93 bits per heavy atom. The fraction of sp³-hybridized carbons (Fsp3) is 0.350. The summed E-state index contributed by atoms with van der Waals surface area (Å²) < 4.78 is 3.19. The van der Waals surface area contributed by atoms with Crippen molar-refractivity contribution in [1.82, 2.24) is 0 Å². The van der Waals surface area contributed by atoms with Crippen molar-refractivity contribution in [1.29, 1.82) is 0 Å². The van der Waals surface area contributed by atoms with Crippen LogP contribution in [0.25, 0.3) is 0 Å². The van der Waals surface area contributed by atoms with Gasteiger partial charge in [-0.3, -0.25) is 14.7 Å². The van der Waals surface area contributed by atoms with Crippen molar-refractivity contribution in [2.24, 2.45) is 0 Å². The number of nitro groups is 1. The molecule has 0 spiro atoms. The molecule has 0 saturated carbocycles. The topological polar surface area (TPSA) is 69.6 Å². The highest BCUT2D eigenvalue weighted by Crippen LogP contribution is 2.39. The van der Waals surface area contributed by atoms with Gasteiger partial charge in [-0.1, -0.05) is 28.1 Å². The van der Waals surface area contributed by atoms with Crippen LogP contribution in [-0.2, 0) is 5.72 Å². The molecule has 1 atom stereocenters. The van der Waals surface area contributed by atoms with Gasteiger partial charge in [-0.15, -0.1) is 0 Å². The van der Waals surface area contributed by atoms with Crippen molar-refractivity contribution < 1.29 is 14.6 Å². The van der Waals surface area contributed by atoms with Crippen molar-refractivity contribution >= 4 is 33.1 Å². The molecule has 2 heterocycles. The molecule has 2 aromatic carbocycles. The molecule has 7 heteroatoms. The lowest BCUT2D eigenvalue weighted by Gasteiger charge is -2.29. The van der Waals surface area contributed by atoms with Crippen LogP contribution in [0.2, 0.25) is 0 Å². The maximum Gasteiger partial charge on any atom is 0.275 e. The number of aliphatic hydroxyl groups is 1. The van der Waals surface area contributed by atoms with Gasteiger partial charge in [0.2, 0.25) is 0 Å². The Balaban J connectivity index is 1.84. The molecular formula is C20H21BrN3O3+. The monoisotopic (exact) mass is 430 g/mol. The first kappa shape index (κ1) is 18.1. The Morgan fingerprint density at radius 3 is 2.67 bits per heavy atom. The molecule has 0 bridgehead atoms. The lowest BCUT2D eigenvalue weighted by atomic mass is 9.99. The summed E-state index contributed by atoms with van der Waals surface area (Å²) in [5.41, 5.74) is 0.0718. The highest BCUT2D eigenvalue weighted by atomic mass is 79.9. The molecule has 1 N–H and O–H groups in total. The van der Waals surface area contributed by atoms with E-state index >= 15 is 0 Å². The van der Waals surface area contributed by atoms with Crippen LogP contribution in [0.1, 0.15) is 31.2 Å². The van der Waals surface area contributed by atoms with Gasteiger partial charge in [0, 0.05) is 28.6 Å². The zero-order valence-electron chi connectivity index (χ0n) is 14.8. The summed E-state index contributed by atoms with van der Waals surface area (Å²) in [6, 6.07) is 14.2. The summed E-state index contributed by atoms with van der Waals surface area (Å²) in [6.07, 6.45) is 4.21. The van der Waals surface area contributed by atoms with E-state index in [0.717, 1.165) is 41.8 Å². The van der Waals surface area contributed by atoms with Gasteiger partial charge >= 0.3 is 0 Å². The van der Waals surface area contributed by atoms with E-state index in [9.17, 15) is 15.2 Å². The number of nitro benzene ring substituents is 1. The minimum Gasteiger partial charge on any atom is -0.346 e. The van der Waals surface area contributed by atoms with E-state index in [1.54, 1.807) is 12.1 Å². The summed E-state index contributed by atoms with van der Waals surface area (Å²) in [5.74, 6) is 1.09. The average Bonchev–Trinajstić information content (AvgIpc) is 2.79. The van der Waals surface area contributed by atoms with Crippen LogP contribution < -0.4 is 4.90 Å². The third-order valence-corrected chi connectivity index (χ3v) is 5.87. The van der Waals surface area contributed by atoms with Crippen LogP contribution in [0.3, 0.4) is 0 Å². The van der Waals surface area contributed by atoms with Crippen LogP contribution in [0.15, 0.2) is 53.0 Å². The molecule has 140 valence electrons. The molecule has 0 unspecified atom stereocenters. The summed E-state index contributed by atoms with van der Waals surface area (Å²) in [6.45, 7) is 1.29. The second-order valence-electron chi connectivity index (χ2n) is 7.08. The first-order valence-electron chi connectivity index (χ1n) is 9.13. The molecule has 2 aliphatic rings. The van der Waals surface area contributed by atoms with Crippen LogP contribution in [-0.4, -0.2) is 33.5 Å². The standard InChI is InChI=1S/C20H21BrN3O3/c21-16-8-10-17(11-9-16)23-19-7-2-1-3-12-22(19)14-20(23,25)15-5-4-6-18(13-15)24(26)27/h4-6,8-11,13,25H,1-3,7,12,14H2/q+1/t20-/m1/s1. The normalized spacial score (nSPS) is 22.5. The first-order chi connectivity index (χ1) is 13.0. The molecule has 0 radical (unpaired) electrons. The minimum absolute atomic E-state index is 0.0104. The zero-order valence-corrected chi connectivity index (χ0v) is 16.4. The van der Waals surface area contributed by atoms with Crippen LogP contribution in [0.4, 0.5) is 11.4 Å². The molecule has 0 fully saturated rings. The highest BCUT2D eigenvalue weighted by Gasteiger charge is 2.54. The van der Waals surface area contributed by atoms with E-state index in [2.05, 4.69) is 20.5 Å². The number of hydrogen-bond donors (Lipinski definition) is 1. The average molecular weight is 431 g/mol. The Labute approximate surface area is 166 Å². The lowest BCUT2D eigenvalue weighted by molar-refractivity contribution is -0.534. The second kappa shape index (κ2) is 7.05. The zero-order chi connectivity index (χ0) is 19.0. The maximum atomic E-state index is 11.8. The number of non-ortho nitro benzene ring substituents is 1. The van der Waals surface area contributed by atoms with E-state index in [-0.39, 0.29) is 5.69 Å². The van der Waals surface area contributed by atoms with Gasteiger partial charge in [-0.2, -0.15) is 4.90 Å². The summed E-state index contributed by atoms with van der Waals surface area (Å²) in [4.78, 5) is 12.8. The smallest absolute Gasteiger partial charge is 0.275 e. The number of halogens is 1. The Bertz CT molecular complexity index is 913. The molecule has 0 aliphatic carbocycles. The molecule has 0 aromatic heterocycles. The molecule has 0 saturated heterocycles. The number of rotatable bonds is 3. The van der Waals surface area contributed by atoms with Crippen molar-refractivity contribution in [3.63, 3.8) is 0 Å². The molecular weight excluding hydrogens is 410 g/mol. The van der Waals surface area contributed by atoms with Gasteiger partial charge in [0.05, 0.1) is 11.5 Å². The minimum atomic E-state index is -1.34. The van der Waals surface area contributed by atoms with Crippen molar-refractivity contribution in [3.8, 4) is 0 Å². The molecule has 0 amide bonds. The summed E-state index contributed by atoms with van der Waals surface area (Å²) in [7, 11) is 0. The largest absolute Gasteiger partial charge is 0.346 e. The molecule has 4 rings (SSSR count). The highest BCUT2D eigenvalue weighted by molar-refractivity contribution is 9.10. The van der Waals surface area contributed by atoms with Crippen LogP contribution in [0, 0.1) is 10.1 Å². The number of nitrogens with zero attached hydrogens (tertiary/aromatic N) is 3. The van der Waals surface area contributed by atoms with Gasteiger partial charge in [0.15, 0.2) is 6.54 Å². The van der Waals surface area contributed by atoms with E-state index < -0.39 is 10.6 Å². The van der Waals surface area contributed by atoms with E-state index in [1.807, 2.05) is 29.2 Å². The van der Waals surface area contributed by atoms with Gasteiger partial charge in [0.1, 0.15) is 5.69 Å². The number of amidine groups is 1. The number of benzene rings is 2. The van der Waals surface area contributed by atoms with Gasteiger partial charge in [-0.05, 0) is 43.5 Å². The first-order valence-corrected chi connectivity index (χ1v) is 9.92. The van der Waals surface area contributed by atoms with E-state index in [0.29, 0.717) is 12.1 Å².